The first-order valence-electron chi connectivity index (χ1n) is 9.79. The molecule has 1 heterocycles. The van der Waals surface area contributed by atoms with Crippen LogP contribution in [0.3, 0.4) is 0 Å². The van der Waals surface area contributed by atoms with Crippen molar-refractivity contribution in [1.29, 1.82) is 0 Å². The molecule has 0 bridgehead atoms. The zero-order valence-corrected chi connectivity index (χ0v) is 18.2. The van der Waals surface area contributed by atoms with E-state index in [0.717, 1.165) is 24.5 Å². The van der Waals surface area contributed by atoms with Crippen LogP contribution in [0.1, 0.15) is 13.3 Å². The van der Waals surface area contributed by atoms with E-state index in [1.807, 2.05) is 30.3 Å². The molecule has 1 saturated heterocycles. The van der Waals surface area contributed by atoms with Crippen molar-refractivity contribution < 1.29 is 13.2 Å². The van der Waals surface area contributed by atoms with Crippen LogP contribution < -0.4 is 5.32 Å². The summed E-state index contributed by atoms with van der Waals surface area (Å²) in [6, 6.07) is 16.4. The van der Waals surface area contributed by atoms with Crippen molar-refractivity contribution in [3.05, 3.63) is 54.6 Å². The third-order valence-corrected chi connectivity index (χ3v) is 7.82. The smallest absolute Gasteiger partial charge is 0.243 e. The second kappa shape index (κ2) is 10.2. The Morgan fingerprint density at radius 1 is 1.00 bits per heavy atom. The number of hydrogen-bond donors (Lipinski definition) is 1. The fourth-order valence-electron chi connectivity index (χ4n) is 3.15. The Morgan fingerprint density at radius 3 is 2.28 bits per heavy atom. The zero-order chi connectivity index (χ0) is 20.7. The number of nitrogens with one attached hydrogen (secondary N) is 1. The lowest BCUT2D eigenvalue weighted by atomic mass is 10.3. The van der Waals surface area contributed by atoms with Crippen molar-refractivity contribution >= 4 is 33.4 Å². The Morgan fingerprint density at radius 2 is 1.66 bits per heavy atom. The maximum Gasteiger partial charge on any atom is 0.243 e. The summed E-state index contributed by atoms with van der Waals surface area (Å²) in [7, 11) is -3.49. The largest absolute Gasteiger partial charge is 0.326 e. The molecular weight excluding hydrogens is 406 g/mol. The first-order valence-corrected chi connectivity index (χ1v) is 12.2. The monoisotopic (exact) mass is 433 g/mol. The summed E-state index contributed by atoms with van der Waals surface area (Å²) < 4.78 is 27.2. The number of hydrogen-bond acceptors (Lipinski definition) is 5. The lowest BCUT2D eigenvalue weighted by molar-refractivity contribution is -0.115. The van der Waals surface area contributed by atoms with Gasteiger partial charge < -0.3 is 10.2 Å². The normalized spacial score (nSPS) is 15.9. The number of likely N-dealkylation sites (N-methyl/N-ethyl adjacent to an activating group) is 1. The van der Waals surface area contributed by atoms with Crippen LogP contribution in [0.15, 0.2) is 64.4 Å². The van der Waals surface area contributed by atoms with Crippen molar-refractivity contribution in [2.24, 2.45) is 0 Å². The Balaban J connectivity index is 1.51. The van der Waals surface area contributed by atoms with E-state index in [2.05, 4.69) is 17.1 Å². The summed E-state index contributed by atoms with van der Waals surface area (Å²) >= 11 is 1.63. The van der Waals surface area contributed by atoms with E-state index in [0.29, 0.717) is 31.0 Å². The molecule has 8 heteroatoms. The molecule has 2 aromatic rings. The average molecular weight is 434 g/mol. The van der Waals surface area contributed by atoms with E-state index >= 15 is 0 Å². The number of sulfonamides is 1. The Bertz CT molecular complexity index is 895. The lowest BCUT2D eigenvalue weighted by Crippen LogP contribution is -2.48. The Hall–Kier alpha value is -1.87. The van der Waals surface area contributed by atoms with Gasteiger partial charge in [-0.2, -0.15) is 4.31 Å². The maximum atomic E-state index is 12.8. The predicted octanol–water partition coefficient (Wildman–Crippen LogP) is 3.13. The molecule has 0 atom stereocenters. The molecular formula is C21H27N3O3S2. The molecule has 1 amide bonds. The van der Waals surface area contributed by atoms with Crippen molar-refractivity contribution in [2.75, 3.05) is 43.8 Å². The fourth-order valence-corrected chi connectivity index (χ4v) is 5.44. The standard InChI is InChI=1S/C21H27N3O3S2/c1-2-23-13-15-24(16-14-23)29(26,27)20-10-8-18(9-11-20)22-21(25)12-17-28-19-6-4-3-5-7-19/h3-11H,2,12-17H2,1H3,(H,22,25). The van der Waals surface area contributed by atoms with E-state index < -0.39 is 10.0 Å². The van der Waals surface area contributed by atoms with Crippen LogP contribution in [0.5, 0.6) is 0 Å². The van der Waals surface area contributed by atoms with Crippen LogP contribution in [0, 0.1) is 0 Å². The van der Waals surface area contributed by atoms with Gasteiger partial charge in [0.2, 0.25) is 15.9 Å². The molecule has 1 N–H and O–H groups in total. The molecule has 1 aliphatic rings. The van der Waals surface area contributed by atoms with Gasteiger partial charge in [-0.25, -0.2) is 8.42 Å². The van der Waals surface area contributed by atoms with Crippen molar-refractivity contribution in [1.82, 2.24) is 9.21 Å². The molecule has 29 heavy (non-hydrogen) atoms. The van der Waals surface area contributed by atoms with Gasteiger partial charge in [0.05, 0.1) is 4.90 Å². The molecule has 156 valence electrons. The number of piperazine rings is 1. The Labute approximate surface area is 177 Å². The SMILES string of the molecule is CCN1CCN(S(=O)(=O)c2ccc(NC(=O)CCSc3ccccc3)cc2)CC1. The second-order valence-corrected chi connectivity index (χ2v) is 9.93. The summed E-state index contributed by atoms with van der Waals surface area (Å²) in [5.41, 5.74) is 0.606. The molecule has 3 rings (SSSR count). The number of rotatable bonds is 8. The van der Waals surface area contributed by atoms with E-state index in [-0.39, 0.29) is 10.8 Å². The number of carbonyl (C=O) groups excluding carboxylic acids is 1. The van der Waals surface area contributed by atoms with Gasteiger partial charge in [0.1, 0.15) is 0 Å². The van der Waals surface area contributed by atoms with Gasteiger partial charge in [0.15, 0.2) is 0 Å². The second-order valence-electron chi connectivity index (χ2n) is 6.82. The van der Waals surface area contributed by atoms with Crippen molar-refractivity contribution in [3.63, 3.8) is 0 Å². The minimum Gasteiger partial charge on any atom is -0.326 e. The van der Waals surface area contributed by atoms with Crippen molar-refractivity contribution in [3.8, 4) is 0 Å². The topological polar surface area (TPSA) is 69.7 Å². The molecule has 0 aliphatic carbocycles. The van der Waals surface area contributed by atoms with Crippen LogP contribution in [-0.2, 0) is 14.8 Å². The molecule has 0 spiro atoms. The summed E-state index contributed by atoms with van der Waals surface area (Å²) in [5, 5.41) is 2.83. The molecule has 1 fully saturated rings. The van der Waals surface area contributed by atoms with Gasteiger partial charge in [-0.05, 0) is 42.9 Å². The molecule has 2 aromatic carbocycles. The van der Waals surface area contributed by atoms with Gasteiger partial charge >= 0.3 is 0 Å². The third kappa shape index (κ3) is 6.05. The number of benzene rings is 2. The maximum absolute atomic E-state index is 12.8. The summed E-state index contributed by atoms with van der Waals surface area (Å²) in [6.45, 7) is 5.54. The van der Waals surface area contributed by atoms with E-state index in [4.69, 9.17) is 0 Å². The quantitative estimate of drug-likeness (QED) is 0.648. The van der Waals surface area contributed by atoms with Gasteiger partial charge in [-0.1, -0.05) is 25.1 Å². The zero-order valence-electron chi connectivity index (χ0n) is 16.6. The fraction of sp³-hybridized carbons (Fsp3) is 0.381. The molecule has 0 aromatic heterocycles. The van der Waals surface area contributed by atoms with E-state index in [1.165, 1.54) is 4.31 Å². The number of nitrogens with zero attached hydrogens (tertiary/aromatic N) is 2. The highest BCUT2D eigenvalue weighted by molar-refractivity contribution is 7.99. The molecule has 1 aliphatic heterocycles. The van der Waals surface area contributed by atoms with Gasteiger partial charge in [-0.15, -0.1) is 11.8 Å². The van der Waals surface area contributed by atoms with E-state index in [1.54, 1.807) is 36.0 Å². The minimum atomic E-state index is -3.49. The highest BCUT2D eigenvalue weighted by Gasteiger charge is 2.27. The number of amides is 1. The number of anilines is 1. The minimum absolute atomic E-state index is 0.0836. The van der Waals surface area contributed by atoms with Crippen LogP contribution in [0.25, 0.3) is 0 Å². The molecule has 6 nitrogen and oxygen atoms in total. The Kier molecular flexibility index (Phi) is 7.71. The van der Waals surface area contributed by atoms with Gasteiger partial charge in [0, 0.05) is 48.9 Å². The first kappa shape index (κ1) is 21.8. The van der Waals surface area contributed by atoms with Gasteiger partial charge in [-0.3, -0.25) is 4.79 Å². The third-order valence-electron chi connectivity index (χ3n) is 4.90. The number of thioether (sulfide) groups is 1. The van der Waals surface area contributed by atoms with Crippen LogP contribution >= 0.6 is 11.8 Å². The molecule has 0 radical (unpaired) electrons. The number of carbonyl (C=O) groups is 1. The van der Waals surface area contributed by atoms with Gasteiger partial charge in [0.25, 0.3) is 0 Å². The summed E-state index contributed by atoms with van der Waals surface area (Å²) in [4.78, 5) is 15.8. The highest BCUT2D eigenvalue weighted by Crippen LogP contribution is 2.21. The van der Waals surface area contributed by atoms with Crippen molar-refractivity contribution in [2.45, 2.75) is 23.1 Å². The van der Waals surface area contributed by atoms with E-state index in [9.17, 15) is 13.2 Å². The highest BCUT2D eigenvalue weighted by atomic mass is 32.2. The van der Waals surface area contributed by atoms with Crippen LogP contribution in [0.4, 0.5) is 5.69 Å². The molecule has 0 saturated carbocycles. The van der Waals surface area contributed by atoms with Crippen LogP contribution in [0.2, 0.25) is 0 Å². The van der Waals surface area contributed by atoms with Crippen LogP contribution in [-0.4, -0.2) is 62.0 Å². The lowest BCUT2D eigenvalue weighted by Gasteiger charge is -2.33. The first-order chi connectivity index (χ1) is 14.0. The predicted molar refractivity (Wildman–Crippen MR) is 118 cm³/mol. The summed E-state index contributed by atoms with van der Waals surface area (Å²) in [5.74, 6) is 0.603. The molecule has 0 unspecified atom stereocenters. The summed E-state index contributed by atoms with van der Waals surface area (Å²) in [6.07, 6.45) is 0.390. The average Bonchev–Trinajstić information content (AvgIpc) is 2.75.